The van der Waals surface area contributed by atoms with Crippen LogP contribution in [0.25, 0.3) is 0 Å². The van der Waals surface area contributed by atoms with Crippen LogP contribution in [-0.4, -0.2) is 24.5 Å². The average molecular weight is 335 g/mol. The quantitative estimate of drug-likeness (QED) is 0.899. The van der Waals surface area contributed by atoms with E-state index in [1.54, 1.807) is 48.5 Å². The summed E-state index contributed by atoms with van der Waals surface area (Å²) in [6.45, 7) is 0.623. The minimum atomic E-state index is -0.379. The van der Waals surface area contributed by atoms with Crippen LogP contribution < -0.4 is 10.6 Å². The van der Waals surface area contributed by atoms with Gasteiger partial charge in [0.05, 0.1) is 11.6 Å². The first-order valence-corrected chi connectivity index (χ1v) is 8.00. The number of rotatable bonds is 4. The van der Waals surface area contributed by atoms with Gasteiger partial charge in [0, 0.05) is 23.5 Å². The van der Waals surface area contributed by atoms with E-state index in [1.165, 1.54) is 0 Å². The van der Waals surface area contributed by atoms with Gasteiger partial charge < -0.3 is 15.4 Å². The zero-order valence-electron chi connectivity index (χ0n) is 13.5. The van der Waals surface area contributed by atoms with Gasteiger partial charge in [-0.3, -0.25) is 9.59 Å². The molecule has 0 bridgehead atoms. The molecule has 0 radical (unpaired) electrons. The van der Waals surface area contributed by atoms with Crippen LogP contribution in [0.1, 0.15) is 28.8 Å². The van der Waals surface area contributed by atoms with E-state index >= 15 is 0 Å². The lowest BCUT2D eigenvalue weighted by molar-refractivity contribution is -0.124. The SMILES string of the molecule is N#Cc1ccc(C(=O)Nc2ccc(NC(=O)[C@@H]3CCCO3)cc2)cc1. The first-order valence-electron chi connectivity index (χ1n) is 8.00. The third kappa shape index (κ3) is 4.22. The number of carbonyl (C=O) groups is 2. The molecule has 6 nitrogen and oxygen atoms in total. The zero-order valence-corrected chi connectivity index (χ0v) is 13.5. The number of nitrogens with zero attached hydrogens (tertiary/aromatic N) is 1. The van der Waals surface area contributed by atoms with Gasteiger partial charge >= 0.3 is 0 Å². The van der Waals surface area contributed by atoms with Crippen molar-refractivity contribution in [1.82, 2.24) is 0 Å². The highest BCUT2D eigenvalue weighted by Gasteiger charge is 2.23. The molecule has 0 saturated carbocycles. The Kier molecular flexibility index (Phi) is 5.07. The van der Waals surface area contributed by atoms with Crippen LogP contribution in [0, 0.1) is 11.3 Å². The first-order chi connectivity index (χ1) is 12.2. The third-order valence-electron chi connectivity index (χ3n) is 3.91. The molecule has 1 aliphatic rings. The normalized spacial score (nSPS) is 16.0. The third-order valence-corrected chi connectivity index (χ3v) is 3.91. The highest BCUT2D eigenvalue weighted by atomic mass is 16.5. The lowest BCUT2D eigenvalue weighted by atomic mass is 10.1. The van der Waals surface area contributed by atoms with Gasteiger partial charge in [-0.15, -0.1) is 0 Å². The number of nitriles is 1. The van der Waals surface area contributed by atoms with Crippen LogP contribution in [0.4, 0.5) is 11.4 Å². The van der Waals surface area contributed by atoms with E-state index in [2.05, 4.69) is 10.6 Å². The molecule has 0 aromatic heterocycles. The molecule has 2 aromatic rings. The van der Waals surface area contributed by atoms with Crippen molar-refractivity contribution < 1.29 is 14.3 Å². The van der Waals surface area contributed by atoms with Gasteiger partial charge in [0.2, 0.25) is 0 Å². The summed E-state index contributed by atoms with van der Waals surface area (Å²) < 4.78 is 5.34. The Labute approximate surface area is 145 Å². The van der Waals surface area contributed by atoms with Crippen LogP contribution in [0.3, 0.4) is 0 Å². The maximum absolute atomic E-state index is 12.2. The molecule has 0 unspecified atom stereocenters. The Morgan fingerprint density at radius 2 is 1.64 bits per heavy atom. The molecule has 2 aromatic carbocycles. The monoisotopic (exact) mass is 335 g/mol. The summed E-state index contributed by atoms with van der Waals surface area (Å²) in [5.41, 5.74) is 2.24. The minimum Gasteiger partial charge on any atom is -0.368 e. The highest BCUT2D eigenvalue weighted by Crippen LogP contribution is 2.18. The van der Waals surface area contributed by atoms with Crippen molar-refractivity contribution in [2.45, 2.75) is 18.9 Å². The van der Waals surface area contributed by atoms with Gasteiger partial charge in [-0.05, 0) is 61.4 Å². The fraction of sp³-hybridized carbons (Fsp3) is 0.211. The van der Waals surface area contributed by atoms with Crippen molar-refractivity contribution in [2.75, 3.05) is 17.2 Å². The Morgan fingerprint density at radius 1 is 1.00 bits per heavy atom. The van der Waals surface area contributed by atoms with Gasteiger partial charge in [-0.25, -0.2) is 0 Å². The molecule has 1 heterocycles. The summed E-state index contributed by atoms with van der Waals surface area (Å²) in [5.74, 6) is -0.410. The second-order valence-electron chi connectivity index (χ2n) is 5.71. The standard InChI is InChI=1S/C19H17N3O3/c20-12-13-3-5-14(6-4-13)18(23)21-15-7-9-16(10-8-15)22-19(24)17-2-1-11-25-17/h3-10,17H,1-2,11H2,(H,21,23)(H,22,24)/t17-/m0/s1. The average Bonchev–Trinajstić information content (AvgIpc) is 3.18. The minimum absolute atomic E-state index is 0.146. The highest BCUT2D eigenvalue weighted by molar-refractivity contribution is 6.04. The molecule has 0 spiro atoms. The first kappa shape index (κ1) is 16.7. The maximum Gasteiger partial charge on any atom is 0.255 e. The summed E-state index contributed by atoms with van der Waals surface area (Å²) in [4.78, 5) is 24.2. The van der Waals surface area contributed by atoms with E-state index in [0.29, 0.717) is 29.1 Å². The molecule has 0 aliphatic carbocycles. The number of amides is 2. The van der Waals surface area contributed by atoms with Crippen LogP contribution in [0.15, 0.2) is 48.5 Å². The van der Waals surface area contributed by atoms with Crippen LogP contribution in [0.2, 0.25) is 0 Å². The van der Waals surface area contributed by atoms with E-state index in [-0.39, 0.29) is 17.9 Å². The van der Waals surface area contributed by atoms with E-state index in [0.717, 1.165) is 12.8 Å². The van der Waals surface area contributed by atoms with Crippen molar-refractivity contribution >= 4 is 23.2 Å². The molecule has 1 atom stereocenters. The molecule has 25 heavy (non-hydrogen) atoms. The predicted molar refractivity (Wildman–Crippen MR) is 93.2 cm³/mol. The Hall–Kier alpha value is -3.17. The Bertz CT molecular complexity index is 801. The molecule has 1 saturated heterocycles. The largest absolute Gasteiger partial charge is 0.368 e. The fourth-order valence-electron chi connectivity index (χ4n) is 2.54. The predicted octanol–water partition coefficient (Wildman–Crippen LogP) is 2.93. The zero-order chi connectivity index (χ0) is 17.6. The van der Waals surface area contributed by atoms with Crippen LogP contribution >= 0.6 is 0 Å². The number of benzene rings is 2. The van der Waals surface area contributed by atoms with Gasteiger partial charge in [0.15, 0.2) is 0 Å². The summed E-state index contributed by atoms with van der Waals surface area (Å²) in [6, 6.07) is 15.3. The van der Waals surface area contributed by atoms with Gasteiger partial charge in [0.1, 0.15) is 6.10 Å². The van der Waals surface area contributed by atoms with Crippen molar-refractivity contribution in [3.05, 3.63) is 59.7 Å². The molecule has 2 N–H and O–H groups in total. The molecule has 2 amide bonds. The molecule has 3 rings (SSSR count). The van der Waals surface area contributed by atoms with Gasteiger partial charge in [-0.1, -0.05) is 0 Å². The second kappa shape index (κ2) is 7.60. The number of hydrogen-bond donors (Lipinski definition) is 2. The smallest absolute Gasteiger partial charge is 0.255 e. The number of carbonyl (C=O) groups excluding carboxylic acids is 2. The van der Waals surface area contributed by atoms with Gasteiger partial charge in [0.25, 0.3) is 11.8 Å². The lowest BCUT2D eigenvalue weighted by Crippen LogP contribution is -2.26. The topological polar surface area (TPSA) is 91.2 Å². The van der Waals surface area contributed by atoms with Crippen molar-refractivity contribution in [3.8, 4) is 6.07 Å². The van der Waals surface area contributed by atoms with E-state index in [1.807, 2.05) is 6.07 Å². The lowest BCUT2D eigenvalue weighted by Gasteiger charge is -2.11. The van der Waals surface area contributed by atoms with E-state index in [4.69, 9.17) is 10.00 Å². The maximum atomic E-state index is 12.2. The molecule has 6 heteroatoms. The summed E-state index contributed by atoms with van der Waals surface area (Å²) in [7, 11) is 0. The van der Waals surface area contributed by atoms with Gasteiger partial charge in [-0.2, -0.15) is 5.26 Å². The van der Waals surface area contributed by atoms with E-state index in [9.17, 15) is 9.59 Å². The Morgan fingerprint density at radius 3 is 2.20 bits per heavy atom. The number of anilines is 2. The molecule has 126 valence electrons. The second-order valence-corrected chi connectivity index (χ2v) is 5.71. The van der Waals surface area contributed by atoms with Crippen LogP contribution in [-0.2, 0) is 9.53 Å². The summed E-state index contributed by atoms with van der Waals surface area (Å²) >= 11 is 0. The molecular weight excluding hydrogens is 318 g/mol. The van der Waals surface area contributed by atoms with Crippen LogP contribution in [0.5, 0.6) is 0 Å². The number of hydrogen-bond acceptors (Lipinski definition) is 4. The summed E-state index contributed by atoms with van der Waals surface area (Å²) in [6.07, 6.45) is 1.26. The molecular formula is C19H17N3O3. The summed E-state index contributed by atoms with van der Waals surface area (Å²) in [5, 5.41) is 14.3. The van der Waals surface area contributed by atoms with Crippen molar-refractivity contribution in [2.24, 2.45) is 0 Å². The number of nitrogens with one attached hydrogen (secondary N) is 2. The molecule has 1 aliphatic heterocycles. The Balaban J connectivity index is 1.59. The fourth-order valence-corrected chi connectivity index (χ4v) is 2.54. The number of ether oxygens (including phenoxy) is 1. The van der Waals surface area contributed by atoms with E-state index < -0.39 is 0 Å². The van der Waals surface area contributed by atoms with Crippen molar-refractivity contribution in [1.29, 1.82) is 5.26 Å². The molecule has 1 fully saturated rings. The van der Waals surface area contributed by atoms with Crippen molar-refractivity contribution in [3.63, 3.8) is 0 Å².